The zero-order valence-corrected chi connectivity index (χ0v) is 13.3. The van der Waals surface area contributed by atoms with Gasteiger partial charge in [0.25, 0.3) is 5.91 Å². The number of aliphatic hydroxyl groups is 1. The Labute approximate surface area is 139 Å². The second-order valence-corrected chi connectivity index (χ2v) is 6.44. The third-order valence-electron chi connectivity index (χ3n) is 4.55. The van der Waals surface area contributed by atoms with Crippen LogP contribution in [0, 0.1) is 0 Å². The van der Waals surface area contributed by atoms with Gasteiger partial charge in [0.05, 0.1) is 17.9 Å². The van der Waals surface area contributed by atoms with Crippen LogP contribution in [-0.2, 0) is 0 Å². The number of carbonyl (C=O) groups is 1. The molecule has 2 aromatic heterocycles. The van der Waals surface area contributed by atoms with Crippen LogP contribution in [0.1, 0.15) is 34.8 Å². The molecule has 0 radical (unpaired) electrons. The molecule has 2 aromatic rings. The molecular formula is C17H20N4O3. The SMILES string of the molecule is O=C(c1ccoc1)N1CCN(c2cc(C3CC3)ncn2)CC(O)C1. The van der Waals surface area contributed by atoms with E-state index in [9.17, 15) is 9.90 Å². The van der Waals surface area contributed by atoms with Gasteiger partial charge in [-0.1, -0.05) is 0 Å². The topological polar surface area (TPSA) is 82.7 Å². The fraction of sp³-hybridized carbons (Fsp3) is 0.471. The monoisotopic (exact) mass is 328 g/mol. The predicted octanol–water partition coefficient (Wildman–Crippen LogP) is 1.27. The number of hydrogen-bond acceptors (Lipinski definition) is 6. The Morgan fingerprint density at radius 2 is 2.12 bits per heavy atom. The highest BCUT2D eigenvalue weighted by Gasteiger charge is 2.28. The first kappa shape index (κ1) is 15.1. The molecule has 1 amide bonds. The highest BCUT2D eigenvalue weighted by molar-refractivity contribution is 5.93. The van der Waals surface area contributed by atoms with Crippen LogP contribution in [0.3, 0.4) is 0 Å². The summed E-state index contributed by atoms with van der Waals surface area (Å²) in [5.74, 6) is 1.26. The molecule has 2 fully saturated rings. The Kier molecular flexibility index (Phi) is 3.93. The Morgan fingerprint density at radius 1 is 1.25 bits per heavy atom. The quantitative estimate of drug-likeness (QED) is 0.914. The molecule has 1 saturated heterocycles. The van der Waals surface area contributed by atoms with Gasteiger partial charge < -0.3 is 19.3 Å². The van der Waals surface area contributed by atoms with Gasteiger partial charge in [0.15, 0.2) is 0 Å². The Bertz CT molecular complexity index is 714. The van der Waals surface area contributed by atoms with Crippen LogP contribution < -0.4 is 4.90 Å². The van der Waals surface area contributed by atoms with Gasteiger partial charge in [-0.15, -0.1) is 0 Å². The summed E-state index contributed by atoms with van der Waals surface area (Å²) < 4.78 is 4.98. The average Bonchev–Trinajstić information content (AvgIpc) is 3.35. The minimum Gasteiger partial charge on any atom is -0.472 e. The molecule has 126 valence electrons. The van der Waals surface area contributed by atoms with Gasteiger partial charge in [-0.3, -0.25) is 4.79 Å². The maximum atomic E-state index is 12.5. The molecule has 7 nitrogen and oxygen atoms in total. The minimum absolute atomic E-state index is 0.119. The molecule has 24 heavy (non-hydrogen) atoms. The molecule has 0 bridgehead atoms. The second-order valence-electron chi connectivity index (χ2n) is 6.44. The third-order valence-corrected chi connectivity index (χ3v) is 4.55. The van der Waals surface area contributed by atoms with Crippen molar-refractivity contribution in [2.45, 2.75) is 24.9 Å². The van der Waals surface area contributed by atoms with Crippen molar-refractivity contribution in [2.24, 2.45) is 0 Å². The molecule has 1 saturated carbocycles. The van der Waals surface area contributed by atoms with Gasteiger partial charge in [-0.25, -0.2) is 9.97 Å². The van der Waals surface area contributed by atoms with Crippen molar-refractivity contribution in [1.82, 2.24) is 14.9 Å². The number of aliphatic hydroxyl groups excluding tert-OH is 1. The van der Waals surface area contributed by atoms with Crippen molar-refractivity contribution in [3.05, 3.63) is 42.2 Å². The van der Waals surface area contributed by atoms with Crippen molar-refractivity contribution in [3.63, 3.8) is 0 Å². The summed E-state index contributed by atoms with van der Waals surface area (Å²) in [4.78, 5) is 24.9. The summed E-state index contributed by atoms with van der Waals surface area (Å²) in [6.45, 7) is 1.92. The third kappa shape index (κ3) is 3.12. The fourth-order valence-corrected chi connectivity index (χ4v) is 3.09. The summed E-state index contributed by atoms with van der Waals surface area (Å²) in [5, 5.41) is 10.3. The van der Waals surface area contributed by atoms with Crippen LogP contribution in [0.5, 0.6) is 0 Å². The number of anilines is 1. The second kappa shape index (κ2) is 6.24. The molecule has 1 unspecified atom stereocenters. The molecule has 1 aliphatic heterocycles. The van der Waals surface area contributed by atoms with Gasteiger partial charge >= 0.3 is 0 Å². The van der Waals surface area contributed by atoms with Gasteiger partial charge in [0.2, 0.25) is 0 Å². The van der Waals surface area contributed by atoms with E-state index in [1.807, 2.05) is 11.0 Å². The van der Waals surface area contributed by atoms with Crippen LogP contribution in [0.2, 0.25) is 0 Å². The lowest BCUT2D eigenvalue weighted by molar-refractivity contribution is 0.0673. The van der Waals surface area contributed by atoms with Gasteiger partial charge in [-0.05, 0) is 18.9 Å². The molecule has 2 aliphatic rings. The standard InChI is InChI=1S/C17H20N4O3/c22-14-8-20(16-7-15(12-1-2-12)18-11-19-16)4-5-21(9-14)17(23)13-3-6-24-10-13/h3,6-7,10-12,14,22H,1-2,4-5,8-9H2. The Morgan fingerprint density at radius 3 is 2.88 bits per heavy atom. The first-order valence-corrected chi connectivity index (χ1v) is 8.27. The molecule has 4 rings (SSSR count). The summed E-state index contributed by atoms with van der Waals surface area (Å²) in [7, 11) is 0. The number of aromatic nitrogens is 2. The van der Waals surface area contributed by atoms with Crippen LogP contribution in [0.4, 0.5) is 5.82 Å². The largest absolute Gasteiger partial charge is 0.472 e. The Balaban J connectivity index is 1.49. The van der Waals surface area contributed by atoms with E-state index >= 15 is 0 Å². The summed E-state index contributed by atoms with van der Waals surface area (Å²) in [6, 6.07) is 3.65. The van der Waals surface area contributed by atoms with E-state index in [0.29, 0.717) is 37.7 Å². The lowest BCUT2D eigenvalue weighted by Gasteiger charge is -2.22. The summed E-state index contributed by atoms with van der Waals surface area (Å²) in [6.07, 6.45) is 6.26. The molecule has 1 aliphatic carbocycles. The number of rotatable bonds is 3. The predicted molar refractivity (Wildman–Crippen MR) is 86.8 cm³/mol. The first-order valence-electron chi connectivity index (χ1n) is 8.27. The van der Waals surface area contributed by atoms with Crippen LogP contribution in [-0.4, -0.2) is 58.2 Å². The highest BCUT2D eigenvalue weighted by atomic mass is 16.3. The molecule has 0 aromatic carbocycles. The van der Waals surface area contributed by atoms with Crippen molar-refractivity contribution < 1.29 is 14.3 Å². The number of β-amino-alcohol motifs (C(OH)–C–C–N with tert-alkyl or cyclic N) is 1. The number of carbonyl (C=O) groups excluding carboxylic acids is 1. The van der Waals surface area contributed by atoms with Crippen molar-refractivity contribution in [1.29, 1.82) is 0 Å². The maximum absolute atomic E-state index is 12.5. The molecule has 0 spiro atoms. The number of furan rings is 1. The number of nitrogens with zero attached hydrogens (tertiary/aromatic N) is 4. The first-order chi connectivity index (χ1) is 11.7. The summed E-state index contributed by atoms with van der Waals surface area (Å²) >= 11 is 0. The lowest BCUT2D eigenvalue weighted by atomic mass is 10.2. The summed E-state index contributed by atoms with van der Waals surface area (Å²) in [5.41, 5.74) is 1.58. The molecule has 3 heterocycles. The van der Waals surface area contributed by atoms with E-state index in [0.717, 1.165) is 11.5 Å². The van der Waals surface area contributed by atoms with E-state index in [1.54, 1.807) is 17.3 Å². The molecule has 7 heteroatoms. The number of amides is 1. The van der Waals surface area contributed by atoms with Crippen molar-refractivity contribution in [2.75, 3.05) is 31.1 Å². The normalized spacial score (nSPS) is 21.6. The molecule has 1 N–H and O–H groups in total. The van der Waals surface area contributed by atoms with Crippen LogP contribution >= 0.6 is 0 Å². The smallest absolute Gasteiger partial charge is 0.257 e. The van der Waals surface area contributed by atoms with Gasteiger partial charge in [0, 0.05) is 43.9 Å². The van der Waals surface area contributed by atoms with E-state index in [1.165, 1.54) is 25.4 Å². The minimum atomic E-state index is -0.623. The molecular weight excluding hydrogens is 308 g/mol. The van der Waals surface area contributed by atoms with E-state index < -0.39 is 6.10 Å². The van der Waals surface area contributed by atoms with Gasteiger partial charge in [-0.2, -0.15) is 0 Å². The Hall–Kier alpha value is -2.41. The fourth-order valence-electron chi connectivity index (χ4n) is 3.09. The maximum Gasteiger partial charge on any atom is 0.257 e. The highest BCUT2D eigenvalue weighted by Crippen LogP contribution is 2.39. The lowest BCUT2D eigenvalue weighted by Crippen LogP contribution is -2.37. The van der Waals surface area contributed by atoms with E-state index in [-0.39, 0.29) is 5.91 Å². The van der Waals surface area contributed by atoms with Crippen LogP contribution in [0.25, 0.3) is 0 Å². The zero-order valence-electron chi connectivity index (χ0n) is 13.3. The van der Waals surface area contributed by atoms with Gasteiger partial charge in [0.1, 0.15) is 18.4 Å². The number of hydrogen-bond donors (Lipinski definition) is 1. The molecule has 1 atom stereocenters. The van der Waals surface area contributed by atoms with Crippen LogP contribution in [0.15, 0.2) is 35.4 Å². The van der Waals surface area contributed by atoms with E-state index in [2.05, 4.69) is 9.97 Å². The van der Waals surface area contributed by atoms with Crippen molar-refractivity contribution >= 4 is 11.7 Å². The average molecular weight is 328 g/mol. The van der Waals surface area contributed by atoms with Crippen molar-refractivity contribution in [3.8, 4) is 0 Å². The van der Waals surface area contributed by atoms with E-state index in [4.69, 9.17) is 4.42 Å². The zero-order chi connectivity index (χ0) is 16.5.